The third kappa shape index (κ3) is 5.03. The molecular weight excluding hydrogens is 317 g/mol. The molecular formula is C17H16FNO3S. The van der Waals surface area contributed by atoms with E-state index in [0.717, 1.165) is 11.8 Å². The third-order valence-corrected chi connectivity index (χ3v) is 4.20. The number of carbonyl (C=O) groups excluding carboxylic acids is 1. The number of carbonyl (C=O) groups is 1. The second-order valence-corrected chi connectivity index (χ2v) is 6.96. The van der Waals surface area contributed by atoms with Crippen LogP contribution in [0.4, 0.5) is 10.1 Å². The van der Waals surface area contributed by atoms with Gasteiger partial charge in [-0.15, -0.1) is 0 Å². The third-order valence-electron chi connectivity index (χ3n) is 3.04. The van der Waals surface area contributed by atoms with Crippen LogP contribution in [0.15, 0.2) is 59.5 Å². The van der Waals surface area contributed by atoms with Crippen LogP contribution in [-0.4, -0.2) is 20.6 Å². The zero-order valence-electron chi connectivity index (χ0n) is 12.5. The van der Waals surface area contributed by atoms with Crippen molar-refractivity contribution in [2.75, 3.05) is 11.6 Å². The van der Waals surface area contributed by atoms with E-state index in [1.54, 1.807) is 36.4 Å². The number of rotatable bonds is 5. The maximum Gasteiger partial charge on any atom is 0.228 e. The Morgan fingerprint density at radius 1 is 1.13 bits per heavy atom. The molecule has 0 aliphatic carbocycles. The summed E-state index contributed by atoms with van der Waals surface area (Å²) in [5.41, 5.74) is 1.03. The molecule has 2 rings (SSSR count). The zero-order valence-corrected chi connectivity index (χ0v) is 13.3. The standard InChI is InChI=1S/C17H16FNO3S/c1-23(21,22)16-7-3-2-6-15(16)19-17(20)8-4-5-13-9-11-14(18)12-10-13/h2-7,9-12H,8H2,1H3,(H,19,20). The van der Waals surface area contributed by atoms with Crippen molar-refractivity contribution in [3.05, 3.63) is 66.0 Å². The topological polar surface area (TPSA) is 63.2 Å². The van der Waals surface area contributed by atoms with Crippen LogP contribution in [-0.2, 0) is 14.6 Å². The predicted octanol–water partition coefficient (Wildman–Crippen LogP) is 3.27. The lowest BCUT2D eigenvalue weighted by Crippen LogP contribution is -2.13. The fourth-order valence-electron chi connectivity index (χ4n) is 1.97. The Morgan fingerprint density at radius 3 is 2.43 bits per heavy atom. The van der Waals surface area contributed by atoms with Crippen LogP contribution in [0.3, 0.4) is 0 Å². The minimum absolute atomic E-state index is 0.0788. The summed E-state index contributed by atoms with van der Waals surface area (Å²) in [5.74, 6) is -0.656. The van der Waals surface area contributed by atoms with E-state index in [9.17, 15) is 17.6 Å². The first-order valence-electron chi connectivity index (χ1n) is 6.87. The Labute approximate surface area is 134 Å². The largest absolute Gasteiger partial charge is 0.325 e. The average molecular weight is 333 g/mol. The minimum atomic E-state index is -3.41. The van der Waals surface area contributed by atoms with Crippen molar-refractivity contribution in [3.63, 3.8) is 0 Å². The van der Waals surface area contributed by atoms with Gasteiger partial charge in [-0.2, -0.15) is 0 Å². The van der Waals surface area contributed by atoms with Crippen molar-refractivity contribution in [1.29, 1.82) is 0 Å². The van der Waals surface area contributed by atoms with Gasteiger partial charge in [0.05, 0.1) is 10.6 Å². The molecule has 0 aliphatic rings. The summed E-state index contributed by atoms with van der Waals surface area (Å²) in [4.78, 5) is 12.0. The molecule has 4 nitrogen and oxygen atoms in total. The first kappa shape index (κ1) is 16.9. The van der Waals surface area contributed by atoms with Crippen molar-refractivity contribution in [3.8, 4) is 0 Å². The van der Waals surface area contributed by atoms with E-state index in [1.807, 2.05) is 0 Å². The second-order valence-electron chi connectivity index (χ2n) is 4.97. The molecule has 0 aliphatic heterocycles. The van der Waals surface area contributed by atoms with Gasteiger partial charge in [-0.05, 0) is 29.8 Å². The van der Waals surface area contributed by atoms with E-state index in [0.29, 0.717) is 0 Å². The van der Waals surface area contributed by atoms with Gasteiger partial charge in [0.2, 0.25) is 5.91 Å². The lowest BCUT2D eigenvalue weighted by atomic mass is 10.2. The van der Waals surface area contributed by atoms with Crippen LogP contribution in [0.5, 0.6) is 0 Å². The van der Waals surface area contributed by atoms with Crippen LogP contribution in [0.25, 0.3) is 6.08 Å². The van der Waals surface area contributed by atoms with Crippen molar-refractivity contribution in [2.45, 2.75) is 11.3 Å². The molecule has 0 saturated heterocycles. The van der Waals surface area contributed by atoms with Gasteiger partial charge in [-0.25, -0.2) is 12.8 Å². The second kappa shape index (κ2) is 7.19. The van der Waals surface area contributed by atoms with Crippen molar-refractivity contribution in [2.24, 2.45) is 0 Å². The molecule has 2 aromatic carbocycles. The summed E-state index contributed by atoms with van der Waals surface area (Å²) >= 11 is 0. The van der Waals surface area contributed by atoms with E-state index >= 15 is 0 Å². The number of sulfone groups is 1. The highest BCUT2D eigenvalue weighted by Gasteiger charge is 2.13. The van der Waals surface area contributed by atoms with Gasteiger partial charge in [0.25, 0.3) is 0 Å². The van der Waals surface area contributed by atoms with Crippen molar-refractivity contribution >= 4 is 27.5 Å². The number of para-hydroxylation sites is 1. The fourth-order valence-corrected chi connectivity index (χ4v) is 2.81. The first-order chi connectivity index (χ1) is 10.9. The molecule has 0 spiro atoms. The Morgan fingerprint density at radius 2 is 1.78 bits per heavy atom. The summed E-state index contributed by atoms with van der Waals surface area (Å²) in [6.45, 7) is 0. The highest BCUT2D eigenvalue weighted by molar-refractivity contribution is 7.90. The Kier molecular flexibility index (Phi) is 5.28. The van der Waals surface area contributed by atoms with Gasteiger partial charge >= 0.3 is 0 Å². The molecule has 23 heavy (non-hydrogen) atoms. The van der Waals surface area contributed by atoms with Crippen LogP contribution in [0, 0.1) is 5.82 Å². The van der Waals surface area contributed by atoms with Crippen LogP contribution >= 0.6 is 0 Å². The van der Waals surface area contributed by atoms with Gasteiger partial charge in [0.1, 0.15) is 5.82 Å². The molecule has 0 radical (unpaired) electrons. The molecule has 0 saturated carbocycles. The molecule has 120 valence electrons. The molecule has 1 N–H and O–H groups in total. The van der Waals surface area contributed by atoms with Crippen LogP contribution in [0.2, 0.25) is 0 Å². The quantitative estimate of drug-likeness (QED) is 0.913. The van der Waals surface area contributed by atoms with E-state index in [4.69, 9.17) is 0 Å². The lowest BCUT2D eigenvalue weighted by molar-refractivity contribution is -0.115. The lowest BCUT2D eigenvalue weighted by Gasteiger charge is -2.08. The molecule has 6 heteroatoms. The monoisotopic (exact) mass is 333 g/mol. The van der Waals surface area contributed by atoms with Crippen molar-refractivity contribution in [1.82, 2.24) is 0 Å². The Balaban J connectivity index is 2.02. The van der Waals surface area contributed by atoms with Crippen molar-refractivity contribution < 1.29 is 17.6 Å². The number of benzene rings is 2. The van der Waals surface area contributed by atoms with Gasteiger partial charge < -0.3 is 5.32 Å². The van der Waals surface area contributed by atoms with E-state index in [2.05, 4.69) is 5.32 Å². The number of halogens is 1. The smallest absolute Gasteiger partial charge is 0.228 e. The fraction of sp³-hybridized carbons (Fsp3) is 0.118. The summed E-state index contributed by atoms with van der Waals surface area (Å²) in [5, 5.41) is 2.58. The summed E-state index contributed by atoms with van der Waals surface area (Å²) < 4.78 is 36.1. The number of amides is 1. The van der Waals surface area contributed by atoms with Gasteiger partial charge in [-0.3, -0.25) is 4.79 Å². The molecule has 1 amide bonds. The van der Waals surface area contributed by atoms with Gasteiger partial charge in [0.15, 0.2) is 9.84 Å². The van der Waals surface area contributed by atoms with Gasteiger partial charge in [0, 0.05) is 12.7 Å². The maximum absolute atomic E-state index is 12.8. The number of nitrogens with one attached hydrogen (secondary N) is 1. The normalized spacial score (nSPS) is 11.6. The number of hydrogen-bond donors (Lipinski definition) is 1. The van der Waals surface area contributed by atoms with Crippen LogP contribution < -0.4 is 5.32 Å². The SMILES string of the molecule is CS(=O)(=O)c1ccccc1NC(=O)CC=Cc1ccc(F)cc1. The first-order valence-corrected chi connectivity index (χ1v) is 8.76. The maximum atomic E-state index is 12.8. The summed E-state index contributed by atoms with van der Waals surface area (Å²) in [7, 11) is -3.41. The zero-order chi connectivity index (χ0) is 16.9. The molecule has 0 atom stereocenters. The summed E-state index contributed by atoms with van der Waals surface area (Å²) in [6, 6.07) is 12.1. The molecule has 0 aromatic heterocycles. The van der Waals surface area contributed by atoms with E-state index < -0.39 is 9.84 Å². The van der Waals surface area contributed by atoms with E-state index in [-0.39, 0.29) is 28.7 Å². The average Bonchev–Trinajstić information content (AvgIpc) is 2.49. The molecule has 0 fully saturated rings. The van der Waals surface area contributed by atoms with Crippen LogP contribution in [0.1, 0.15) is 12.0 Å². The summed E-state index contributed by atoms with van der Waals surface area (Å²) in [6.07, 6.45) is 4.50. The van der Waals surface area contributed by atoms with E-state index in [1.165, 1.54) is 24.3 Å². The highest BCUT2D eigenvalue weighted by Crippen LogP contribution is 2.20. The molecule has 0 bridgehead atoms. The number of hydrogen-bond acceptors (Lipinski definition) is 3. The van der Waals surface area contributed by atoms with Gasteiger partial charge in [-0.1, -0.05) is 36.4 Å². The Bertz CT molecular complexity index is 827. The predicted molar refractivity (Wildman–Crippen MR) is 88.2 cm³/mol. The number of anilines is 1. The highest BCUT2D eigenvalue weighted by atomic mass is 32.2. The Hall–Kier alpha value is -2.47. The molecule has 2 aromatic rings. The molecule has 0 unspecified atom stereocenters. The molecule has 0 heterocycles. The minimum Gasteiger partial charge on any atom is -0.325 e.